The summed E-state index contributed by atoms with van der Waals surface area (Å²) in [5.41, 5.74) is 11.3. The van der Waals surface area contributed by atoms with Gasteiger partial charge in [0.25, 0.3) is 0 Å². The largest absolute Gasteiger partial charge is 0.384 e. The van der Waals surface area contributed by atoms with E-state index in [-0.39, 0.29) is 6.42 Å². The molecule has 1 aromatic heterocycles. The number of aromatic nitrogens is 1. The number of nitrogens with zero attached hydrogens (tertiary/aromatic N) is 2. The average Bonchev–Trinajstić information content (AvgIpc) is 2.30. The van der Waals surface area contributed by atoms with Gasteiger partial charge in [-0.1, -0.05) is 0 Å². The van der Waals surface area contributed by atoms with Gasteiger partial charge in [-0.25, -0.2) is 9.78 Å². The zero-order valence-corrected chi connectivity index (χ0v) is 10.9. The number of likely N-dealkylation sites (tertiary alicyclic amines) is 1. The van der Waals surface area contributed by atoms with Crippen LogP contribution in [0.2, 0.25) is 0 Å². The summed E-state index contributed by atoms with van der Waals surface area (Å²) in [6.45, 7) is 1.11. The van der Waals surface area contributed by atoms with Gasteiger partial charge in [0.05, 0.1) is 5.92 Å². The highest BCUT2D eigenvalue weighted by molar-refractivity contribution is 6.01. The van der Waals surface area contributed by atoms with Crippen molar-refractivity contribution in [3.05, 3.63) is 23.9 Å². The van der Waals surface area contributed by atoms with Gasteiger partial charge in [0.1, 0.15) is 11.9 Å². The molecule has 2 rings (SSSR count). The van der Waals surface area contributed by atoms with Gasteiger partial charge in [-0.2, -0.15) is 0 Å². The molecule has 2 heterocycles. The number of nitrogen functional groups attached to an aromatic ring is 1. The maximum Gasteiger partial charge on any atom is 0.321 e. The molecule has 1 saturated heterocycles. The first-order valence-electron chi connectivity index (χ1n) is 5.99. The number of amides is 3. The molecule has 0 aliphatic carbocycles. The zero-order valence-electron chi connectivity index (χ0n) is 10.9. The maximum atomic E-state index is 11.9. The van der Waals surface area contributed by atoms with E-state index in [9.17, 15) is 19.8 Å². The number of primary amides is 1. The van der Waals surface area contributed by atoms with Gasteiger partial charge < -0.3 is 21.7 Å². The van der Waals surface area contributed by atoms with Gasteiger partial charge in [0.15, 0.2) is 5.79 Å². The first-order valence-corrected chi connectivity index (χ1v) is 5.99. The van der Waals surface area contributed by atoms with E-state index in [2.05, 4.69) is 4.98 Å². The minimum atomic E-state index is -2.22. The number of carbonyl (C=O) groups is 2. The maximum absolute atomic E-state index is 11.9. The van der Waals surface area contributed by atoms with Crippen LogP contribution in [-0.2, 0) is 11.2 Å². The van der Waals surface area contributed by atoms with Gasteiger partial charge >= 0.3 is 6.03 Å². The lowest BCUT2D eigenvalue weighted by Crippen LogP contribution is -2.72. The lowest BCUT2D eigenvalue weighted by atomic mass is 9.78. The normalized spacial score (nSPS) is 22.6. The number of anilines is 1. The number of imide groups is 1. The number of nitrogens with two attached hydrogens (primary N) is 2. The van der Waals surface area contributed by atoms with E-state index in [1.54, 1.807) is 12.1 Å². The number of carbonyl (C=O) groups excluding carboxylic acids is 2. The molecule has 8 nitrogen and oxygen atoms in total. The number of hydrogen-bond donors (Lipinski definition) is 4. The fourth-order valence-corrected chi connectivity index (χ4v) is 2.49. The van der Waals surface area contributed by atoms with Crippen molar-refractivity contribution in [1.82, 2.24) is 9.88 Å². The smallest absolute Gasteiger partial charge is 0.321 e. The molecular weight excluding hydrogens is 264 g/mol. The molecule has 2 atom stereocenters. The Balaban J connectivity index is 2.23. The quantitative estimate of drug-likeness (QED) is 0.405. The second kappa shape index (κ2) is 4.73. The van der Waals surface area contributed by atoms with Gasteiger partial charge in [-0.05, 0) is 31.0 Å². The minimum absolute atomic E-state index is 0.219. The highest BCUT2D eigenvalue weighted by atomic mass is 16.5. The Hall–Kier alpha value is -2.19. The van der Waals surface area contributed by atoms with Crippen molar-refractivity contribution < 1.29 is 19.8 Å². The monoisotopic (exact) mass is 280 g/mol. The van der Waals surface area contributed by atoms with Crippen molar-refractivity contribution >= 4 is 17.8 Å². The van der Waals surface area contributed by atoms with E-state index < -0.39 is 29.7 Å². The Bertz CT molecular complexity index is 555. The van der Waals surface area contributed by atoms with Crippen LogP contribution in [0.4, 0.5) is 10.6 Å². The molecule has 1 fully saturated rings. The van der Waals surface area contributed by atoms with Gasteiger partial charge in [0, 0.05) is 6.20 Å². The zero-order chi connectivity index (χ0) is 15.1. The second-order valence-electron chi connectivity index (χ2n) is 4.98. The Morgan fingerprint density at radius 3 is 2.70 bits per heavy atom. The summed E-state index contributed by atoms with van der Waals surface area (Å²) in [4.78, 5) is 27.6. The van der Waals surface area contributed by atoms with E-state index in [1.165, 1.54) is 6.20 Å². The van der Waals surface area contributed by atoms with Crippen LogP contribution in [0.5, 0.6) is 0 Å². The molecular formula is C12H16N4O4. The van der Waals surface area contributed by atoms with Crippen molar-refractivity contribution in [2.75, 3.05) is 5.73 Å². The molecule has 1 unspecified atom stereocenters. The molecule has 1 aromatic rings. The summed E-state index contributed by atoms with van der Waals surface area (Å²) in [6.07, 6.45) is 1.71. The highest BCUT2D eigenvalue weighted by Gasteiger charge is 2.57. The SMILES string of the molecule is CC(O)(O)C1[C@@H](Cc2ccnc(N)c2)C(=O)N1C(N)=O. The third-order valence-electron chi connectivity index (χ3n) is 3.31. The predicted molar refractivity (Wildman–Crippen MR) is 68.9 cm³/mol. The van der Waals surface area contributed by atoms with Crippen LogP contribution in [-0.4, -0.2) is 43.9 Å². The third-order valence-corrected chi connectivity index (χ3v) is 3.31. The number of pyridine rings is 1. The summed E-state index contributed by atoms with van der Waals surface area (Å²) in [5.74, 6) is -3.20. The second-order valence-corrected chi connectivity index (χ2v) is 4.98. The number of rotatable bonds is 3. The topological polar surface area (TPSA) is 143 Å². The first-order chi connectivity index (χ1) is 9.21. The average molecular weight is 280 g/mol. The minimum Gasteiger partial charge on any atom is -0.384 e. The molecule has 3 amide bonds. The first kappa shape index (κ1) is 14.2. The molecule has 0 aromatic carbocycles. The Morgan fingerprint density at radius 1 is 1.55 bits per heavy atom. The van der Waals surface area contributed by atoms with Gasteiger partial charge in [0.2, 0.25) is 5.91 Å². The lowest BCUT2D eigenvalue weighted by Gasteiger charge is -2.49. The molecule has 108 valence electrons. The van der Waals surface area contributed by atoms with E-state index >= 15 is 0 Å². The van der Waals surface area contributed by atoms with Crippen molar-refractivity contribution in [1.29, 1.82) is 0 Å². The van der Waals surface area contributed by atoms with Crippen LogP contribution >= 0.6 is 0 Å². The summed E-state index contributed by atoms with van der Waals surface area (Å²) in [6, 6.07) is 1.17. The Labute approximate surface area is 115 Å². The fourth-order valence-electron chi connectivity index (χ4n) is 2.49. The Kier molecular flexibility index (Phi) is 3.36. The summed E-state index contributed by atoms with van der Waals surface area (Å²) in [7, 11) is 0. The molecule has 20 heavy (non-hydrogen) atoms. The van der Waals surface area contributed by atoms with Crippen LogP contribution < -0.4 is 11.5 Å². The molecule has 0 spiro atoms. The lowest BCUT2D eigenvalue weighted by molar-refractivity contribution is -0.224. The van der Waals surface area contributed by atoms with Crippen molar-refractivity contribution in [3.63, 3.8) is 0 Å². The van der Waals surface area contributed by atoms with E-state index in [0.29, 0.717) is 16.3 Å². The molecule has 8 heteroatoms. The molecule has 0 saturated carbocycles. The molecule has 0 radical (unpaired) electrons. The van der Waals surface area contributed by atoms with E-state index in [4.69, 9.17) is 11.5 Å². The molecule has 1 aliphatic heterocycles. The number of β-lactam (4-membered cyclic amide) rings is 1. The summed E-state index contributed by atoms with van der Waals surface area (Å²) < 4.78 is 0. The van der Waals surface area contributed by atoms with E-state index in [1.807, 2.05) is 0 Å². The molecule has 1 aliphatic rings. The number of urea groups is 1. The fraction of sp³-hybridized carbons (Fsp3) is 0.417. The van der Waals surface area contributed by atoms with Crippen molar-refractivity contribution in [3.8, 4) is 0 Å². The third kappa shape index (κ3) is 2.43. The van der Waals surface area contributed by atoms with Gasteiger partial charge in [-0.3, -0.25) is 9.69 Å². The number of hydrogen-bond acceptors (Lipinski definition) is 6. The van der Waals surface area contributed by atoms with Crippen molar-refractivity contribution in [2.45, 2.75) is 25.2 Å². The van der Waals surface area contributed by atoms with Crippen LogP contribution in [0.3, 0.4) is 0 Å². The predicted octanol–water partition coefficient (Wildman–Crippen LogP) is -1.19. The Morgan fingerprint density at radius 2 is 2.20 bits per heavy atom. The van der Waals surface area contributed by atoms with Crippen LogP contribution in [0.25, 0.3) is 0 Å². The summed E-state index contributed by atoms with van der Waals surface area (Å²) >= 11 is 0. The van der Waals surface area contributed by atoms with E-state index in [0.717, 1.165) is 6.92 Å². The van der Waals surface area contributed by atoms with Crippen LogP contribution in [0.1, 0.15) is 12.5 Å². The molecule has 0 bridgehead atoms. The highest BCUT2D eigenvalue weighted by Crippen LogP contribution is 2.35. The molecule has 6 N–H and O–H groups in total. The summed E-state index contributed by atoms with van der Waals surface area (Å²) in [5, 5.41) is 19.4. The van der Waals surface area contributed by atoms with Crippen LogP contribution in [0.15, 0.2) is 18.3 Å². The van der Waals surface area contributed by atoms with Gasteiger partial charge in [-0.15, -0.1) is 0 Å². The standard InChI is InChI=1S/C12H16N4O4/c1-12(19,20)9-7(10(17)16(9)11(14)18)4-6-2-3-15-8(13)5-6/h2-3,5,7,9,19-20H,4H2,1H3,(H2,13,15)(H2,14,18)/t7-,9?/m1/s1. The van der Waals surface area contributed by atoms with Crippen LogP contribution in [0, 0.1) is 5.92 Å². The van der Waals surface area contributed by atoms with Crippen molar-refractivity contribution in [2.24, 2.45) is 11.7 Å². The number of aliphatic hydroxyl groups is 2.